The quantitative estimate of drug-likeness (QED) is 0.646. The fourth-order valence-corrected chi connectivity index (χ4v) is 2.22. The Morgan fingerprint density at radius 1 is 1.47 bits per heavy atom. The molecule has 1 aromatic rings. The van der Waals surface area contributed by atoms with Crippen molar-refractivity contribution in [1.82, 2.24) is 5.32 Å². The predicted octanol–water partition coefficient (Wildman–Crippen LogP) is 2.42. The summed E-state index contributed by atoms with van der Waals surface area (Å²) in [5.74, 6) is 0.665. The molecule has 0 aromatic heterocycles. The number of piperidine rings is 1. The lowest BCUT2D eigenvalue weighted by Crippen LogP contribution is -2.27. The molecule has 5 nitrogen and oxygen atoms in total. The third-order valence-electron chi connectivity index (χ3n) is 3.12. The van der Waals surface area contributed by atoms with E-state index in [0.29, 0.717) is 5.75 Å². The lowest BCUT2D eigenvalue weighted by molar-refractivity contribution is -0.385. The van der Waals surface area contributed by atoms with Gasteiger partial charge >= 0.3 is 0 Å². The summed E-state index contributed by atoms with van der Waals surface area (Å²) in [6.07, 6.45) is 3.17. The Morgan fingerprint density at radius 2 is 2.29 bits per heavy atom. The number of rotatable bonds is 3. The molecule has 17 heavy (non-hydrogen) atoms. The van der Waals surface area contributed by atoms with E-state index >= 15 is 0 Å². The molecule has 1 atom stereocenters. The fourth-order valence-electron chi connectivity index (χ4n) is 2.22. The van der Waals surface area contributed by atoms with Gasteiger partial charge in [-0.15, -0.1) is 0 Å². The molecule has 1 N–H and O–H groups in total. The van der Waals surface area contributed by atoms with E-state index in [1.807, 2.05) is 0 Å². The molecule has 0 radical (unpaired) electrons. The highest BCUT2D eigenvalue weighted by molar-refractivity contribution is 5.47. The summed E-state index contributed by atoms with van der Waals surface area (Å²) in [4.78, 5) is 10.7. The third kappa shape index (κ3) is 2.55. The summed E-state index contributed by atoms with van der Waals surface area (Å²) in [7, 11) is 1.57. The van der Waals surface area contributed by atoms with Crippen LogP contribution in [0.25, 0.3) is 0 Å². The maximum Gasteiger partial charge on any atom is 0.274 e. The van der Waals surface area contributed by atoms with E-state index in [4.69, 9.17) is 4.74 Å². The summed E-state index contributed by atoms with van der Waals surface area (Å²) in [6.45, 7) is 0.916. The van der Waals surface area contributed by atoms with Gasteiger partial charge in [-0.1, -0.05) is 6.42 Å². The summed E-state index contributed by atoms with van der Waals surface area (Å²) in [6, 6.07) is 4.98. The molecule has 1 aromatic carbocycles. The first-order valence-electron chi connectivity index (χ1n) is 5.78. The molecule has 0 amide bonds. The van der Waals surface area contributed by atoms with E-state index in [1.165, 1.54) is 6.07 Å². The van der Waals surface area contributed by atoms with Crippen LogP contribution in [0.15, 0.2) is 18.2 Å². The van der Waals surface area contributed by atoms with Gasteiger partial charge in [-0.25, -0.2) is 0 Å². The monoisotopic (exact) mass is 236 g/mol. The zero-order chi connectivity index (χ0) is 12.3. The molecule has 5 heteroatoms. The second-order valence-electron chi connectivity index (χ2n) is 4.18. The third-order valence-corrected chi connectivity index (χ3v) is 3.12. The number of nitro groups is 1. The normalized spacial score (nSPS) is 19.9. The molecular weight excluding hydrogens is 220 g/mol. The zero-order valence-corrected chi connectivity index (χ0v) is 9.81. The Bertz CT molecular complexity index is 414. The lowest BCUT2D eigenvalue weighted by atomic mass is 9.96. The van der Waals surface area contributed by atoms with Gasteiger partial charge in [0.2, 0.25) is 0 Å². The van der Waals surface area contributed by atoms with E-state index < -0.39 is 0 Å². The lowest BCUT2D eigenvalue weighted by Gasteiger charge is -2.23. The van der Waals surface area contributed by atoms with E-state index in [0.717, 1.165) is 31.4 Å². The first kappa shape index (κ1) is 11.9. The van der Waals surface area contributed by atoms with Gasteiger partial charge in [0.1, 0.15) is 5.75 Å². The molecule has 1 heterocycles. The number of hydrogen-bond acceptors (Lipinski definition) is 4. The summed E-state index contributed by atoms with van der Waals surface area (Å²) in [5, 5.41) is 14.3. The zero-order valence-electron chi connectivity index (χ0n) is 9.81. The second kappa shape index (κ2) is 5.14. The van der Waals surface area contributed by atoms with Crippen LogP contribution in [0.1, 0.15) is 30.9 Å². The van der Waals surface area contributed by atoms with Gasteiger partial charge in [0.15, 0.2) is 0 Å². The largest absolute Gasteiger partial charge is 0.497 e. The second-order valence-corrected chi connectivity index (χ2v) is 4.18. The van der Waals surface area contributed by atoms with Gasteiger partial charge in [-0.2, -0.15) is 0 Å². The Hall–Kier alpha value is -1.62. The molecule has 0 aliphatic carbocycles. The Labute approximate surface area is 99.9 Å². The number of hydrogen-bond donors (Lipinski definition) is 1. The number of ether oxygens (including phenoxy) is 1. The molecule has 1 saturated heterocycles. The smallest absolute Gasteiger partial charge is 0.274 e. The Balaban J connectivity index is 2.36. The molecule has 0 bridgehead atoms. The number of benzene rings is 1. The molecule has 0 saturated carbocycles. The average Bonchev–Trinajstić information content (AvgIpc) is 2.39. The van der Waals surface area contributed by atoms with Gasteiger partial charge in [-0.3, -0.25) is 10.1 Å². The molecule has 2 rings (SSSR count). The highest BCUT2D eigenvalue weighted by Crippen LogP contribution is 2.33. The number of nitro benzene ring substituents is 1. The van der Waals surface area contributed by atoms with Crippen molar-refractivity contribution in [1.29, 1.82) is 0 Å². The van der Waals surface area contributed by atoms with Crippen LogP contribution in [-0.4, -0.2) is 18.6 Å². The van der Waals surface area contributed by atoms with E-state index in [2.05, 4.69) is 5.32 Å². The van der Waals surface area contributed by atoms with Crippen LogP contribution in [0, 0.1) is 10.1 Å². The number of nitrogens with one attached hydrogen (secondary N) is 1. The van der Waals surface area contributed by atoms with Gasteiger partial charge in [0.25, 0.3) is 5.69 Å². The van der Waals surface area contributed by atoms with E-state index in [9.17, 15) is 10.1 Å². The van der Waals surface area contributed by atoms with Gasteiger partial charge in [-0.05, 0) is 31.5 Å². The minimum atomic E-state index is -0.328. The average molecular weight is 236 g/mol. The summed E-state index contributed by atoms with van der Waals surface area (Å²) in [5.41, 5.74) is 0.902. The molecule has 1 aliphatic heterocycles. The van der Waals surface area contributed by atoms with Gasteiger partial charge < -0.3 is 10.1 Å². The predicted molar refractivity (Wildman–Crippen MR) is 64.2 cm³/mol. The highest BCUT2D eigenvalue weighted by Gasteiger charge is 2.24. The van der Waals surface area contributed by atoms with Crippen molar-refractivity contribution in [2.45, 2.75) is 25.3 Å². The Morgan fingerprint density at radius 3 is 2.88 bits per heavy atom. The topological polar surface area (TPSA) is 64.4 Å². The Kier molecular flexibility index (Phi) is 3.58. The summed E-state index contributed by atoms with van der Waals surface area (Å²) >= 11 is 0. The molecule has 1 aliphatic rings. The first-order chi connectivity index (χ1) is 8.22. The fraction of sp³-hybridized carbons (Fsp3) is 0.500. The van der Waals surface area contributed by atoms with Crippen molar-refractivity contribution in [3.8, 4) is 5.75 Å². The molecule has 1 unspecified atom stereocenters. The van der Waals surface area contributed by atoms with Crippen molar-refractivity contribution in [3.05, 3.63) is 33.9 Å². The molecule has 92 valence electrons. The van der Waals surface area contributed by atoms with Crippen molar-refractivity contribution < 1.29 is 9.66 Å². The first-order valence-corrected chi connectivity index (χ1v) is 5.78. The van der Waals surface area contributed by atoms with Crippen LogP contribution >= 0.6 is 0 Å². The van der Waals surface area contributed by atoms with Crippen molar-refractivity contribution >= 4 is 5.69 Å². The number of nitrogens with zero attached hydrogens (tertiary/aromatic N) is 1. The van der Waals surface area contributed by atoms with Crippen LogP contribution in [0.4, 0.5) is 5.69 Å². The standard InChI is InChI=1S/C12H16N2O3/c1-17-9-5-6-12(14(15)16)10(8-9)11-4-2-3-7-13-11/h5-6,8,11,13H,2-4,7H2,1H3. The number of methoxy groups -OCH3 is 1. The minimum Gasteiger partial charge on any atom is -0.497 e. The molecule has 0 spiro atoms. The molecular formula is C12H16N2O3. The minimum absolute atomic E-state index is 0.0687. The van der Waals surface area contributed by atoms with E-state index in [1.54, 1.807) is 19.2 Å². The molecule has 1 fully saturated rings. The maximum absolute atomic E-state index is 11.0. The van der Waals surface area contributed by atoms with Crippen LogP contribution in [0.2, 0.25) is 0 Å². The van der Waals surface area contributed by atoms with E-state index in [-0.39, 0.29) is 16.7 Å². The SMILES string of the molecule is COc1ccc([N+](=O)[O-])c(C2CCCCN2)c1. The summed E-state index contributed by atoms with van der Waals surface area (Å²) < 4.78 is 5.13. The van der Waals surface area contributed by atoms with Crippen molar-refractivity contribution in [2.24, 2.45) is 0 Å². The van der Waals surface area contributed by atoms with Crippen molar-refractivity contribution in [2.75, 3.05) is 13.7 Å². The van der Waals surface area contributed by atoms with Crippen LogP contribution in [-0.2, 0) is 0 Å². The van der Waals surface area contributed by atoms with Crippen molar-refractivity contribution in [3.63, 3.8) is 0 Å². The maximum atomic E-state index is 11.0. The van der Waals surface area contributed by atoms with Crippen LogP contribution in [0.3, 0.4) is 0 Å². The van der Waals surface area contributed by atoms with Gasteiger partial charge in [0.05, 0.1) is 17.6 Å². The highest BCUT2D eigenvalue weighted by atomic mass is 16.6. The van der Waals surface area contributed by atoms with Crippen LogP contribution < -0.4 is 10.1 Å². The van der Waals surface area contributed by atoms with Crippen LogP contribution in [0.5, 0.6) is 5.75 Å². The van der Waals surface area contributed by atoms with Gasteiger partial charge in [0, 0.05) is 12.1 Å².